The molecule has 0 saturated heterocycles. The van der Waals surface area contributed by atoms with E-state index in [4.69, 9.17) is 9.15 Å². The van der Waals surface area contributed by atoms with Crippen molar-refractivity contribution >= 4 is 16.9 Å². The van der Waals surface area contributed by atoms with Crippen LogP contribution in [-0.4, -0.2) is 5.91 Å². The van der Waals surface area contributed by atoms with E-state index in [1.165, 1.54) is 0 Å². The van der Waals surface area contributed by atoms with Crippen molar-refractivity contribution in [1.29, 1.82) is 0 Å². The summed E-state index contributed by atoms with van der Waals surface area (Å²) in [5.74, 6) is 0.788. The number of hydrogen-bond donors (Lipinski definition) is 1. The van der Waals surface area contributed by atoms with E-state index in [-0.39, 0.29) is 18.6 Å². The molecule has 0 unspecified atom stereocenters. The number of carbonyl (C=O) groups excluding carboxylic acids is 1. The fourth-order valence-corrected chi connectivity index (χ4v) is 3.18. The summed E-state index contributed by atoms with van der Waals surface area (Å²) in [6.07, 6.45) is 0. The molecule has 4 heteroatoms. The number of fused-ring (bicyclic) bond motifs is 1. The Labute approximate surface area is 163 Å². The third-order valence-electron chi connectivity index (χ3n) is 4.68. The molecule has 3 aromatic carbocycles. The fraction of sp³-hybridized carbons (Fsp3) is 0.125. The van der Waals surface area contributed by atoms with Crippen LogP contribution in [0.5, 0.6) is 5.75 Å². The lowest BCUT2D eigenvalue weighted by molar-refractivity contribution is 0.0910. The number of carbonyl (C=O) groups is 1. The molecular weight excluding hydrogens is 350 g/mol. The zero-order valence-electron chi connectivity index (χ0n) is 15.6. The first-order valence-electron chi connectivity index (χ1n) is 9.26. The van der Waals surface area contributed by atoms with Crippen molar-refractivity contribution in [2.75, 3.05) is 0 Å². The molecule has 4 rings (SSSR count). The highest BCUT2D eigenvalue weighted by molar-refractivity contribution is 5.99. The summed E-state index contributed by atoms with van der Waals surface area (Å²) in [7, 11) is 0. The van der Waals surface area contributed by atoms with Gasteiger partial charge in [-0.15, -0.1) is 0 Å². The van der Waals surface area contributed by atoms with Crippen LogP contribution in [0, 0.1) is 0 Å². The van der Waals surface area contributed by atoms with Gasteiger partial charge in [0.15, 0.2) is 5.76 Å². The SMILES string of the molecule is C[C@@H](NC(=O)c1oc2ccccc2c1COc1ccccc1)c1ccccc1. The average Bonchev–Trinajstić information content (AvgIpc) is 3.12. The molecule has 140 valence electrons. The van der Waals surface area contributed by atoms with Crippen molar-refractivity contribution in [2.24, 2.45) is 0 Å². The van der Waals surface area contributed by atoms with Crippen molar-refractivity contribution < 1.29 is 13.9 Å². The van der Waals surface area contributed by atoms with Gasteiger partial charge in [-0.1, -0.05) is 66.7 Å². The van der Waals surface area contributed by atoms with Gasteiger partial charge in [-0.25, -0.2) is 0 Å². The summed E-state index contributed by atoms with van der Waals surface area (Å²) in [5, 5.41) is 3.91. The maximum Gasteiger partial charge on any atom is 0.287 e. The van der Waals surface area contributed by atoms with E-state index >= 15 is 0 Å². The van der Waals surface area contributed by atoms with Crippen LogP contribution in [0.4, 0.5) is 0 Å². The van der Waals surface area contributed by atoms with Gasteiger partial charge in [0, 0.05) is 10.9 Å². The lowest BCUT2D eigenvalue weighted by Crippen LogP contribution is -2.27. The molecule has 1 atom stereocenters. The number of hydrogen-bond acceptors (Lipinski definition) is 3. The topological polar surface area (TPSA) is 51.5 Å². The van der Waals surface area contributed by atoms with E-state index in [1.54, 1.807) is 0 Å². The largest absolute Gasteiger partial charge is 0.489 e. The van der Waals surface area contributed by atoms with E-state index in [0.29, 0.717) is 11.3 Å². The van der Waals surface area contributed by atoms with E-state index in [9.17, 15) is 4.79 Å². The average molecular weight is 371 g/mol. The number of rotatable bonds is 6. The van der Waals surface area contributed by atoms with Crippen LogP contribution in [0.25, 0.3) is 11.0 Å². The molecule has 0 bridgehead atoms. The highest BCUT2D eigenvalue weighted by Crippen LogP contribution is 2.28. The minimum absolute atomic E-state index is 0.134. The van der Waals surface area contributed by atoms with Gasteiger partial charge in [0.1, 0.15) is 17.9 Å². The Kier molecular flexibility index (Phi) is 5.11. The molecule has 1 heterocycles. The van der Waals surface area contributed by atoms with Crippen LogP contribution in [0.3, 0.4) is 0 Å². The smallest absolute Gasteiger partial charge is 0.287 e. The second-order valence-electron chi connectivity index (χ2n) is 6.61. The summed E-state index contributed by atoms with van der Waals surface area (Å²) in [6.45, 7) is 2.21. The van der Waals surface area contributed by atoms with Gasteiger partial charge in [-0.3, -0.25) is 4.79 Å². The molecule has 28 heavy (non-hydrogen) atoms. The molecule has 0 spiro atoms. The molecule has 1 aromatic heterocycles. The molecular formula is C24H21NO3. The molecule has 0 aliphatic carbocycles. The minimum Gasteiger partial charge on any atom is -0.489 e. The Hall–Kier alpha value is -3.53. The van der Waals surface area contributed by atoms with Gasteiger partial charge in [0.05, 0.1) is 6.04 Å². The van der Waals surface area contributed by atoms with Gasteiger partial charge in [-0.2, -0.15) is 0 Å². The number of amides is 1. The van der Waals surface area contributed by atoms with Crippen LogP contribution in [0.15, 0.2) is 89.3 Å². The maximum absolute atomic E-state index is 13.0. The van der Waals surface area contributed by atoms with Crippen molar-refractivity contribution in [1.82, 2.24) is 5.32 Å². The molecule has 0 saturated carbocycles. The van der Waals surface area contributed by atoms with E-state index in [0.717, 1.165) is 22.3 Å². The standard InChI is InChI=1S/C24H21NO3/c1-17(18-10-4-2-5-11-18)25-24(26)23-21(16-27-19-12-6-3-7-13-19)20-14-8-9-15-22(20)28-23/h2-15,17H,16H2,1H3,(H,25,26)/t17-/m1/s1. The molecule has 4 nitrogen and oxygen atoms in total. The van der Waals surface area contributed by atoms with Crippen LogP contribution in [-0.2, 0) is 6.61 Å². The summed E-state index contributed by atoms with van der Waals surface area (Å²) in [6, 6.07) is 26.9. The second-order valence-corrected chi connectivity index (χ2v) is 6.61. The van der Waals surface area contributed by atoms with Crippen LogP contribution >= 0.6 is 0 Å². The van der Waals surface area contributed by atoms with Gasteiger partial charge in [0.2, 0.25) is 0 Å². The molecule has 4 aromatic rings. The molecule has 0 fully saturated rings. The Bertz CT molecular complexity index is 1070. The molecule has 0 radical (unpaired) electrons. The van der Waals surface area contributed by atoms with E-state index < -0.39 is 0 Å². The Balaban J connectivity index is 1.61. The van der Waals surface area contributed by atoms with Crippen LogP contribution in [0.1, 0.15) is 34.6 Å². The lowest BCUT2D eigenvalue weighted by atomic mass is 10.1. The van der Waals surface area contributed by atoms with Gasteiger partial charge in [0.25, 0.3) is 5.91 Å². The van der Waals surface area contributed by atoms with Crippen molar-refractivity contribution in [2.45, 2.75) is 19.6 Å². The Morgan fingerprint density at radius 2 is 1.57 bits per heavy atom. The third-order valence-corrected chi connectivity index (χ3v) is 4.68. The lowest BCUT2D eigenvalue weighted by Gasteiger charge is -2.14. The van der Waals surface area contributed by atoms with E-state index in [2.05, 4.69) is 5.32 Å². The third kappa shape index (κ3) is 3.76. The monoisotopic (exact) mass is 371 g/mol. The van der Waals surface area contributed by atoms with Gasteiger partial charge < -0.3 is 14.5 Å². The number of furan rings is 1. The minimum atomic E-state index is -0.251. The first-order chi connectivity index (χ1) is 13.7. The molecule has 1 amide bonds. The second kappa shape index (κ2) is 8.01. The maximum atomic E-state index is 13.0. The highest BCUT2D eigenvalue weighted by Gasteiger charge is 2.22. The predicted octanol–water partition coefficient (Wildman–Crippen LogP) is 5.50. The van der Waals surface area contributed by atoms with Crippen molar-refractivity contribution in [3.8, 4) is 5.75 Å². The Morgan fingerprint density at radius 3 is 2.32 bits per heavy atom. The quantitative estimate of drug-likeness (QED) is 0.487. The number of para-hydroxylation sites is 2. The molecule has 1 N–H and O–H groups in total. The zero-order chi connectivity index (χ0) is 19.3. The van der Waals surface area contributed by atoms with Crippen molar-refractivity contribution in [3.05, 3.63) is 102 Å². The van der Waals surface area contributed by atoms with Crippen LogP contribution < -0.4 is 10.1 Å². The van der Waals surface area contributed by atoms with Gasteiger partial charge >= 0.3 is 0 Å². The number of benzene rings is 3. The number of ether oxygens (including phenoxy) is 1. The van der Waals surface area contributed by atoms with Crippen LogP contribution in [0.2, 0.25) is 0 Å². The Morgan fingerprint density at radius 1 is 0.929 bits per heavy atom. The number of nitrogens with one attached hydrogen (secondary N) is 1. The highest BCUT2D eigenvalue weighted by atomic mass is 16.5. The predicted molar refractivity (Wildman–Crippen MR) is 109 cm³/mol. The first kappa shape index (κ1) is 17.9. The summed E-state index contributed by atoms with van der Waals surface area (Å²) >= 11 is 0. The summed E-state index contributed by atoms with van der Waals surface area (Å²) < 4.78 is 11.8. The molecule has 0 aliphatic rings. The summed E-state index contributed by atoms with van der Waals surface area (Å²) in [4.78, 5) is 13.0. The molecule has 0 aliphatic heterocycles. The summed E-state index contributed by atoms with van der Waals surface area (Å²) in [5.41, 5.74) is 2.46. The first-order valence-corrected chi connectivity index (χ1v) is 9.26. The van der Waals surface area contributed by atoms with Crippen molar-refractivity contribution in [3.63, 3.8) is 0 Å². The normalized spacial score (nSPS) is 11.9. The van der Waals surface area contributed by atoms with E-state index in [1.807, 2.05) is 91.9 Å². The van der Waals surface area contributed by atoms with Gasteiger partial charge in [-0.05, 0) is 30.7 Å². The zero-order valence-corrected chi connectivity index (χ0v) is 15.6. The fourth-order valence-electron chi connectivity index (χ4n) is 3.18.